The summed E-state index contributed by atoms with van der Waals surface area (Å²) in [4.78, 5) is 27.1. The first-order chi connectivity index (χ1) is 18.6. The van der Waals surface area contributed by atoms with E-state index >= 15 is 0 Å². The van der Waals surface area contributed by atoms with Gasteiger partial charge in [-0.25, -0.2) is 15.0 Å². The van der Waals surface area contributed by atoms with E-state index in [4.69, 9.17) is 14.5 Å². The number of thiazole rings is 1. The lowest BCUT2D eigenvalue weighted by atomic mass is 10.0. The van der Waals surface area contributed by atoms with Gasteiger partial charge in [-0.3, -0.25) is 4.79 Å². The lowest BCUT2D eigenvalue weighted by Gasteiger charge is -2.14. The Kier molecular flexibility index (Phi) is 7.25. The maximum absolute atomic E-state index is 13.5. The molecular formula is C28H22ClN5O4S. The van der Waals surface area contributed by atoms with Crippen LogP contribution in [-0.2, 0) is 6.61 Å². The molecule has 4 heterocycles. The number of halogens is 1. The molecule has 0 amide bonds. The van der Waals surface area contributed by atoms with Gasteiger partial charge >= 0.3 is 0 Å². The fraction of sp³-hybridized carbons (Fsp3) is 0.107. The number of ether oxygens (including phenoxy) is 2. The van der Waals surface area contributed by atoms with Gasteiger partial charge in [0.25, 0.3) is 5.56 Å². The average Bonchev–Trinajstić information content (AvgIpc) is 3.51. The molecule has 39 heavy (non-hydrogen) atoms. The fourth-order valence-electron chi connectivity index (χ4n) is 4.46. The molecule has 4 aromatic heterocycles. The van der Waals surface area contributed by atoms with Gasteiger partial charge in [0, 0.05) is 34.1 Å². The Labute approximate surface area is 232 Å². The van der Waals surface area contributed by atoms with Crippen LogP contribution in [0.5, 0.6) is 11.5 Å². The number of nitrogens with zero attached hydrogens (tertiary/aromatic N) is 5. The van der Waals surface area contributed by atoms with Crippen molar-refractivity contribution in [1.82, 2.24) is 24.7 Å². The first kappa shape index (κ1) is 26.2. The highest BCUT2D eigenvalue weighted by Gasteiger charge is 2.18. The number of rotatable bonds is 6. The Morgan fingerprint density at radius 1 is 0.897 bits per heavy atom. The van der Waals surface area contributed by atoms with Crippen molar-refractivity contribution < 1.29 is 14.6 Å². The van der Waals surface area contributed by atoms with Crippen LogP contribution in [0.2, 0.25) is 0 Å². The van der Waals surface area contributed by atoms with Crippen molar-refractivity contribution in [1.29, 1.82) is 0 Å². The second kappa shape index (κ2) is 10.8. The second-order valence-corrected chi connectivity index (χ2v) is 9.29. The van der Waals surface area contributed by atoms with E-state index in [0.717, 1.165) is 16.2 Å². The van der Waals surface area contributed by atoms with E-state index in [9.17, 15) is 9.90 Å². The second-order valence-electron chi connectivity index (χ2n) is 8.40. The number of aliphatic hydroxyl groups is 1. The first-order valence-electron chi connectivity index (χ1n) is 11.7. The molecule has 0 radical (unpaired) electrons. The van der Waals surface area contributed by atoms with Crippen molar-refractivity contribution in [3.05, 3.63) is 88.4 Å². The Hall–Kier alpha value is -4.38. The van der Waals surface area contributed by atoms with Crippen molar-refractivity contribution in [3.8, 4) is 39.3 Å². The van der Waals surface area contributed by atoms with E-state index in [2.05, 4.69) is 15.1 Å². The van der Waals surface area contributed by atoms with Gasteiger partial charge in [0.15, 0.2) is 17.3 Å². The fourth-order valence-corrected chi connectivity index (χ4v) is 5.10. The van der Waals surface area contributed by atoms with Crippen LogP contribution in [0, 0.1) is 0 Å². The summed E-state index contributed by atoms with van der Waals surface area (Å²) in [5, 5.41) is 20.0. The summed E-state index contributed by atoms with van der Waals surface area (Å²) in [5.74, 6) is 1.45. The molecule has 0 saturated heterocycles. The molecule has 0 aliphatic heterocycles. The number of methoxy groups -OCH3 is 2. The van der Waals surface area contributed by atoms with Crippen molar-refractivity contribution >= 4 is 45.3 Å². The zero-order valence-electron chi connectivity index (χ0n) is 20.9. The minimum atomic E-state index is -0.293. The molecule has 196 valence electrons. The number of hydrogen-bond donors (Lipinski definition) is 1. The molecule has 0 aliphatic carbocycles. The topological polar surface area (TPSA) is 112 Å². The molecule has 0 atom stereocenters. The molecule has 0 fully saturated rings. The number of hydrogen-bond acceptors (Lipinski definition) is 9. The van der Waals surface area contributed by atoms with Crippen LogP contribution >= 0.6 is 23.7 Å². The van der Waals surface area contributed by atoms with Crippen LogP contribution in [0.15, 0.2) is 77.2 Å². The number of fused-ring (bicyclic) bond motifs is 2. The van der Waals surface area contributed by atoms with Crippen molar-refractivity contribution in [2.24, 2.45) is 0 Å². The molecule has 11 heteroatoms. The molecule has 0 unspecified atom stereocenters. The van der Waals surface area contributed by atoms with E-state index < -0.39 is 0 Å². The lowest BCUT2D eigenvalue weighted by Crippen LogP contribution is -2.23. The van der Waals surface area contributed by atoms with Crippen molar-refractivity contribution in [2.75, 3.05) is 14.2 Å². The van der Waals surface area contributed by atoms with Gasteiger partial charge in [-0.2, -0.15) is 9.78 Å². The quantitative estimate of drug-likeness (QED) is 0.302. The zero-order chi connectivity index (χ0) is 26.2. The van der Waals surface area contributed by atoms with E-state index in [1.165, 1.54) is 16.0 Å². The van der Waals surface area contributed by atoms with Gasteiger partial charge < -0.3 is 14.6 Å². The third-order valence-corrected chi connectivity index (χ3v) is 7.01. The molecule has 0 spiro atoms. The maximum Gasteiger partial charge on any atom is 0.280 e. The predicted molar refractivity (Wildman–Crippen MR) is 153 cm³/mol. The largest absolute Gasteiger partial charge is 0.493 e. The Balaban J connectivity index is 0.00000308. The SMILES string of the molecule is COc1cc2cc(CO)nc(-c3ccnc(-n4nc(-c5nccs5)c5ccccc5c4=O)c3)c2cc1OC.Cl. The predicted octanol–water partition coefficient (Wildman–Crippen LogP) is 5.05. The molecule has 9 nitrogen and oxygen atoms in total. The number of pyridine rings is 2. The normalized spacial score (nSPS) is 10.9. The molecular weight excluding hydrogens is 538 g/mol. The van der Waals surface area contributed by atoms with Gasteiger partial charge in [0.2, 0.25) is 0 Å². The third kappa shape index (κ3) is 4.59. The van der Waals surface area contributed by atoms with Crippen molar-refractivity contribution in [3.63, 3.8) is 0 Å². The highest BCUT2D eigenvalue weighted by Crippen LogP contribution is 2.37. The van der Waals surface area contributed by atoms with Crippen molar-refractivity contribution in [2.45, 2.75) is 6.61 Å². The van der Waals surface area contributed by atoms with Gasteiger partial charge in [-0.05, 0) is 41.8 Å². The Bertz CT molecular complexity index is 1870. The summed E-state index contributed by atoms with van der Waals surface area (Å²) in [6.45, 7) is -0.238. The van der Waals surface area contributed by atoms with E-state index in [1.807, 2.05) is 35.7 Å². The molecule has 2 aromatic carbocycles. The highest BCUT2D eigenvalue weighted by atomic mass is 35.5. The van der Waals surface area contributed by atoms with Gasteiger partial charge in [0.05, 0.1) is 37.6 Å². The lowest BCUT2D eigenvalue weighted by molar-refractivity contribution is 0.277. The summed E-state index contributed by atoms with van der Waals surface area (Å²) < 4.78 is 12.3. The third-order valence-electron chi connectivity index (χ3n) is 6.23. The Morgan fingerprint density at radius 2 is 1.67 bits per heavy atom. The maximum atomic E-state index is 13.5. The minimum Gasteiger partial charge on any atom is -0.493 e. The summed E-state index contributed by atoms with van der Waals surface area (Å²) in [7, 11) is 3.14. The standard InChI is InChI=1S/C28H21N5O4S.ClH/c1-36-22-12-17-11-18(15-34)31-25(21(17)14-23(22)37-2)16-7-8-29-24(13-16)33-28(35)20-6-4-3-5-19(20)26(32-33)27-30-9-10-38-27;/h3-14,34H,15H2,1-2H3;1H. The average molecular weight is 560 g/mol. The summed E-state index contributed by atoms with van der Waals surface area (Å²) in [6.07, 6.45) is 3.32. The van der Waals surface area contributed by atoms with Gasteiger partial charge in [-0.1, -0.05) is 18.2 Å². The summed E-state index contributed by atoms with van der Waals surface area (Å²) in [5.41, 5.74) is 2.10. The molecule has 0 saturated carbocycles. The Morgan fingerprint density at radius 3 is 2.38 bits per heavy atom. The van der Waals surface area contributed by atoms with Crippen LogP contribution < -0.4 is 15.0 Å². The zero-order valence-corrected chi connectivity index (χ0v) is 22.5. The molecule has 1 N–H and O–H groups in total. The number of aliphatic hydroxyl groups excluding tert-OH is 1. The van der Waals surface area contributed by atoms with E-state index in [-0.39, 0.29) is 24.6 Å². The number of benzene rings is 2. The molecule has 0 aliphatic rings. The van der Waals surface area contributed by atoms with Gasteiger partial charge in [0.1, 0.15) is 10.7 Å². The van der Waals surface area contributed by atoms with E-state index in [1.54, 1.807) is 50.9 Å². The van der Waals surface area contributed by atoms with Crippen LogP contribution in [0.1, 0.15) is 5.69 Å². The summed E-state index contributed by atoms with van der Waals surface area (Å²) in [6, 6.07) is 16.4. The van der Waals surface area contributed by atoms with E-state index in [0.29, 0.717) is 50.4 Å². The van der Waals surface area contributed by atoms with Gasteiger partial charge in [-0.15, -0.1) is 23.7 Å². The first-order valence-corrected chi connectivity index (χ1v) is 12.5. The molecule has 6 rings (SSSR count). The minimum absolute atomic E-state index is 0. The van der Waals surface area contributed by atoms with Crippen LogP contribution in [-0.4, -0.2) is 44.1 Å². The number of aromatic nitrogens is 5. The molecule has 6 aromatic rings. The summed E-state index contributed by atoms with van der Waals surface area (Å²) >= 11 is 1.45. The molecule has 0 bridgehead atoms. The monoisotopic (exact) mass is 559 g/mol. The van der Waals surface area contributed by atoms with Crippen LogP contribution in [0.4, 0.5) is 0 Å². The van der Waals surface area contributed by atoms with Crippen LogP contribution in [0.3, 0.4) is 0 Å². The smallest absolute Gasteiger partial charge is 0.280 e. The highest BCUT2D eigenvalue weighted by molar-refractivity contribution is 7.13. The van der Waals surface area contributed by atoms with Crippen LogP contribution in [0.25, 0.3) is 49.3 Å².